The molecular weight excluding hydrogens is 304 g/mol. The molecule has 0 bridgehead atoms. The lowest BCUT2D eigenvalue weighted by Crippen LogP contribution is -2.39. The molecule has 126 valence electrons. The van der Waals surface area contributed by atoms with Crippen LogP contribution in [0.1, 0.15) is 40.5 Å². The van der Waals surface area contributed by atoms with E-state index < -0.39 is 0 Å². The van der Waals surface area contributed by atoms with Gasteiger partial charge in [0.2, 0.25) is 0 Å². The van der Waals surface area contributed by atoms with E-state index in [2.05, 4.69) is 4.98 Å². The van der Waals surface area contributed by atoms with Crippen LogP contribution in [-0.2, 0) is 13.1 Å². The van der Waals surface area contributed by atoms with Crippen molar-refractivity contribution in [2.45, 2.75) is 26.9 Å². The molecule has 0 unspecified atom stereocenters. The second kappa shape index (κ2) is 6.86. The molecule has 6 heteroatoms. The maximum absolute atomic E-state index is 12.7. The van der Waals surface area contributed by atoms with E-state index in [4.69, 9.17) is 0 Å². The van der Waals surface area contributed by atoms with E-state index in [0.29, 0.717) is 44.2 Å². The normalized spacial score (nSPS) is 13.8. The van der Waals surface area contributed by atoms with E-state index in [9.17, 15) is 9.59 Å². The van der Waals surface area contributed by atoms with Gasteiger partial charge in [-0.25, -0.2) is 4.98 Å². The summed E-state index contributed by atoms with van der Waals surface area (Å²) in [5.74, 6) is 0.112. The Hall–Kier alpha value is -2.63. The monoisotopic (exact) mass is 326 g/mol. The number of nitrogens with zero attached hydrogens (tertiary/aromatic N) is 4. The SMILES string of the molecule is CCN(CC)C(=O)c1cn2c(n1)C(=O)N(Cc1ccccc1)CC2. The Morgan fingerprint density at radius 3 is 2.54 bits per heavy atom. The molecule has 0 aliphatic carbocycles. The number of imidazole rings is 1. The molecule has 0 N–H and O–H groups in total. The molecule has 1 aromatic heterocycles. The first-order valence-corrected chi connectivity index (χ1v) is 8.33. The Bertz CT molecular complexity index is 735. The van der Waals surface area contributed by atoms with E-state index in [1.807, 2.05) is 44.2 Å². The van der Waals surface area contributed by atoms with Gasteiger partial charge in [0.05, 0.1) is 0 Å². The summed E-state index contributed by atoms with van der Waals surface area (Å²) in [6.07, 6.45) is 1.70. The molecule has 6 nitrogen and oxygen atoms in total. The fourth-order valence-electron chi connectivity index (χ4n) is 2.96. The molecule has 0 saturated carbocycles. The van der Waals surface area contributed by atoms with Crippen molar-refractivity contribution in [2.24, 2.45) is 0 Å². The molecule has 1 aromatic carbocycles. The van der Waals surface area contributed by atoms with Crippen molar-refractivity contribution in [3.05, 3.63) is 53.6 Å². The van der Waals surface area contributed by atoms with Crippen molar-refractivity contribution in [1.82, 2.24) is 19.4 Å². The first-order chi connectivity index (χ1) is 11.6. The van der Waals surface area contributed by atoms with E-state index in [0.717, 1.165) is 5.56 Å². The number of fused-ring (bicyclic) bond motifs is 1. The molecule has 1 aliphatic rings. The Morgan fingerprint density at radius 1 is 1.17 bits per heavy atom. The summed E-state index contributed by atoms with van der Waals surface area (Å²) in [7, 11) is 0. The molecule has 3 rings (SSSR count). The number of hydrogen-bond acceptors (Lipinski definition) is 3. The van der Waals surface area contributed by atoms with Gasteiger partial charge in [-0.15, -0.1) is 0 Å². The van der Waals surface area contributed by atoms with Crippen LogP contribution in [0.15, 0.2) is 36.5 Å². The topological polar surface area (TPSA) is 58.4 Å². The van der Waals surface area contributed by atoms with Gasteiger partial charge in [-0.1, -0.05) is 30.3 Å². The largest absolute Gasteiger partial charge is 0.338 e. The van der Waals surface area contributed by atoms with Gasteiger partial charge in [0.1, 0.15) is 5.69 Å². The Kier molecular flexibility index (Phi) is 4.64. The zero-order valence-corrected chi connectivity index (χ0v) is 14.1. The summed E-state index contributed by atoms with van der Waals surface area (Å²) >= 11 is 0. The Labute approximate surface area is 141 Å². The average Bonchev–Trinajstić information content (AvgIpc) is 3.04. The third-order valence-electron chi connectivity index (χ3n) is 4.35. The second-order valence-corrected chi connectivity index (χ2v) is 5.83. The summed E-state index contributed by atoms with van der Waals surface area (Å²) < 4.78 is 1.79. The first kappa shape index (κ1) is 16.2. The van der Waals surface area contributed by atoms with E-state index >= 15 is 0 Å². The Morgan fingerprint density at radius 2 is 1.88 bits per heavy atom. The molecule has 2 heterocycles. The highest BCUT2D eigenvalue weighted by Crippen LogP contribution is 2.16. The highest BCUT2D eigenvalue weighted by atomic mass is 16.2. The lowest BCUT2D eigenvalue weighted by molar-refractivity contribution is 0.0683. The van der Waals surface area contributed by atoms with E-state index in [1.54, 1.807) is 20.6 Å². The molecule has 0 radical (unpaired) electrons. The number of amides is 2. The van der Waals surface area contributed by atoms with Crippen LogP contribution in [0, 0.1) is 0 Å². The van der Waals surface area contributed by atoms with E-state index in [1.165, 1.54) is 0 Å². The third-order valence-corrected chi connectivity index (χ3v) is 4.35. The first-order valence-electron chi connectivity index (χ1n) is 8.33. The van der Waals surface area contributed by atoms with Crippen LogP contribution in [0.2, 0.25) is 0 Å². The van der Waals surface area contributed by atoms with Crippen LogP contribution < -0.4 is 0 Å². The second-order valence-electron chi connectivity index (χ2n) is 5.83. The molecular formula is C18H22N4O2. The summed E-state index contributed by atoms with van der Waals surface area (Å²) in [5, 5.41) is 0. The maximum Gasteiger partial charge on any atom is 0.290 e. The lowest BCUT2D eigenvalue weighted by Gasteiger charge is -2.27. The molecule has 2 aromatic rings. The molecule has 0 spiro atoms. The van der Waals surface area contributed by atoms with Crippen LogP contribution in [0.25, 0.3) is 0 Å². The summed E-state index contributed by atoms with van der Waals surface area (Å²) in [6, 6.07) is 9.89. The van der Waals surface area contributed by atoms with Gasteiger partial charge in [-0.3, -0.25) is 9.59 Å². The zero-order valence-electron chi connectivity index (χ0n) is 14.1. The predicted octanol–water partition coefficient (Wildman–Crippen LogP) is 2.02. The summed E-state index contributed by atoms with van der Waals surface area (Å²) in [5.41, 5.74) is 1.44. The molecule has 1 aliphatic heterocycles. The van der Waals surface area contributed by atoms with Crippen LogP contribution >= 0.6 is 0 Å². The maximum atomic E-state index is 12.7. The molecule has 24 heavy (non-hydrogen) atoms. The van der Waals surface area contributed by atoms with Crippen LogP contribution in [0.5, 0.6) is 0 Å². The highest BCUT2D eigenvalue weighted by molar-refractivity contribution is 5.96. The number of benzene rings is 1. The van der Waals surface area contributed by atoms with Crippen LogP contribution in [0.3, 0.4) is 0 Å². The highest BCUT2D eigenvalue weighted by Gasteiger charge is 2.29. The van der Waals surface area contributed by atoms with Gasteiger partial charge in [0, 0.05) is 38.9 Å². The average molecular weight is 326 g/mol. The fraction of sp³-hybridized carbons (Fsp3) is 0.389. The van der Waals surface area contributed by atoms with Gasteiger partial charge in [-0.05, 0) is 19.4 Å². The number of hydrogen-bond donors (Lipinski definition) is 0. The molecule has 0 saturated heterocycles. The number of carbonyl (C=O) groups excluding carboxylic acids is 2. The van der Waals surface area contributed by atoms with Crippen molar-refractivity contribution < 1.29 is 9.59 Å². The van der Waals surface area contributed by atoms with Gasteiger partial charge in [-0.2, -0.15) is 0 Å². The van der Waals surface area contributed by atoms with Crippen molar-refractivity contribution in [3.8, 4) is 0 Å². The van der Waals surface area contributed by atoms with Crippen molar-refractivity contribution in [1.29, 1.82) is 0 Å². The van der Waals surface area contributed by atoms with Crippen molar-refractivity contribution >= 4 is 11.8 Å². The van der Waals surface area contributed by atoms with Gasteiger partial charge in [0.25, 0.3) is 11.8 Å². The predicted molar refractivity (Wildman–Crippen MR) is 90.7 cm³/mol. The van der Waals surface area contributed by atoms with Gasteiger partial charge < -0.3 is 14.4 Å². The quantitative estimate of drug-likeness (QED) is 0.844. The summed E-state index contributed by atoms with van der Waals surface area (Å²) in [6.45, 7) is 6.97. The summed E-state index contributed by atoms with van der Waals surface area (Å²) in [4.78, 5) is 32.9. The number of carbonyl (C=O) groups is 2. The number of rotatable bonds is 5. The van der Waals surface area contributed by atoms with Crippen LogP contribution in [-0.4, -0.2) is 50.8 Å². The number of aromatic nitrogens is 2. The minimum atomic E-state index is -0.122. The molecule has 0 atom stereocenters. The fourth-order valence-corrected chi connectivity index (χ4v) is 2.96. The molecule has 0 fully saturated rings. The van der Waals surface area contributed by atoms with Crippen molar-refractivity contribution in [2.75, 3.05) is 19.6 Å². The minimum Gasteiger partial charge on any atom is -0.338 e. The molecule has 2 amide bonds. The van der Waals surface area contributed by atoms with Gasteiger partial charge in [0.15, 0.2) is 5.82 Å². The van der Waals surface area contributed by atoms with Crippen LogP contribution in [0.4, 0.5) is 0 Å². The van der Waals surface area contributed by atoms with E-state index in [-0.39, 0.29) is 11.8 Å². The van der Waals surface area contributed by atoms with Crippen molar-refractivity contribution in [3.63, 3.8) is 0 Å². The smallest absolute Gasteiger partial charge is 0.290 e. The lowest BCUT2D eigenvalue weighted by atomic mass is 10.2. The minimum absolute atomic E-state index is 0.121. The zero-order chi connectivity index (χ0) is 17.1. The standard InChI is InChI=1S/C18H22N4O2/c1-3-20(4-2)17(23)15-13-21-10-11-22(18(24)16(21)19-15)12-14-8-6-5-7-9-14/h5-9,13H,3-4,10-12H2,1-2H3. The van der Waals surface area contributed by atoms with Gasteiger partial charge >= 0.3 is 0 Å². The third kappa shape index (κ3) is 3.04. The Balaban J connectivity index is 1.79.